The third-order valence-electron chi connectivity index (χ3n) is 4.39. The third kappa shape index (κ3) is 3.52. The maximum Gasteiger partial charge on any atom is 0.416 e. The Morgan fingerprint density at radius 1 is 1.03 bits per heavy atom. The molecule has 0 aliphatic rings. The Morgan fingerprint density at radius 2 is 1.80 bits per heavy atom. The van der Waals surface area contributed by atoms with Gasteiger partial charge in [0.1, 0.15) is 0 Å². The van der Waals surface area contributed by atoms with Crippen LogP contribution in [0.5, 0.6) is 0 Å². The minimum absolute atomic E-state index is 0.205. The van der Waals surface area contributed by atoms with Crippen LogP contribution in [0.1, 0.15) is 11.3 Å². The van der Waals surface area contributed by atoms with Crippen LogP contribution in [0.4, 0.5) is 13.2 Å². The molecule has 0 N–H and O–H groups in total. The molecule has 1 aromatic carbocycles. The first kappa shape index (κ1) is 20.0. The van der Waals surface area contributed by atoms with Crippen molar-refractivity contribution in [1.82, 2.24) is 24.3 Å². The number of imidazole rings is 1. The molecule has 0 amide bonds. The van der Waals surface area contributed by atoms with Crippen LogP contribution in [0.2, 0.25) is 0 Å². The van der Waals surface area contributed by atoms with Gasteiger partial charge in [-0.05, 0) is 25.1 Å². The molecule has 0 atom stereocenters. The molecule has 154 valence electrons. The summed E-state index contributed by atoms with van der Waals surface area (Å²) in [7, 11) is -3.69. The Kier molecular flexibility index (Phi) is 4.57. The lowest BCUT2D eigenvalue weighted by Gasteiger charge is -2.09. The van der Waals surface area contributed by atoms with Crippen molar-refractivity contribution in [1.29, 1.82) is 0 Å². The van der Waals surface area contributed by atoms with Gasteiger partial charge in [-0.3, -0.25) is 9.38 Å². The van der Waals surface area contributed by atoms with Crippen molar-refractivity contribution in [2.45, 2.75) is 18.3 Å². The van der Waals surface area contributed by atoms with Crippen molar-refractivity contribution in [3.63, 3.8) is 0 Å². The first-order valence-electron chi connectivity index (χ1n) is 8.60. The molecule has 0 fully saturated rings. The number of rotatable bonds is 3. The molecule has 11 heteroatoms. The van der Waals surface area contributed by atoms with Gasteiger partial charge in [0.05, 0.1) is 28.3 Å². The van der Waals surface area contributed by atoms with E-state index in [1.54, 1.807) is 17.5 Å². The van der Waals surface area contributed by atoms with Gasteiger partial charge in [0, 0.05) is 30.4 Å². The van der Waals surface area contributed by atoms with E-state index in [4.69, 9.17) is 0 Å². The normalized spacial score (nSPS) is 12.4. The smallest absolute Gasteiger partial charge is 0.295 e. The minimum atomic E-state index is -4.52. The lowest BCUT2D eigenvalue weighted by Crippen LogP contribution is -2.06. The zero-order valence-corrected chi connectivity index (χ0v) is 16.5. The third-order valence-corrected chi connectivity index (χ3v) is 5.25. The highest BCUT2D eigenvalue weighted by atomic mass is 32.2. The van der Waals surface area contributed by atoms with Crippen LogP contribution in [0.25, 0.3) is 28.3 Å². The second-order valence-corrected chi connectivity index (χ2v) is 8.50. The number of benzene rings is 1. The van der Waals surface area contributed by atoms with E-state index in [0.29, 0.717) is 17.0 Å². The molecule has 0 radical (unpaired) electrons. The number of sulfone groups is 1. The van der Waals surface area contributed by atoms with Crippen LogP contribution in [-0.2, 0) is 16.0 Å². The molecule has 0 bridgehead atoms. The largest absolute Gasteiger partial charge is 0.416 e. The second-order valence-electron chi connectivity index (χ2n) is 6.59. The van der Waals surface area contributed by atoms with Gasteiger partial charge < -0.3 is 0 Å². The van der Waals surface area contributed by atoms with Crippen LogP contribution < -0.4 is 0 Å². The molecule has 0 spiro atoms. The van der Waals surface area contributed by atoms with Gasteiger partial charge in [0.25, 0.3) is 0 Å². The van der Waals surface area contributed by atoms with Crippen LogP contribution in [0.15, 0.2) is 54.1 Å². The molecule has 7 nitrogen and oxygen atoms in total. The van der Waals surface area contributed by atoms with E-state index in [2.05, 4.69) is 19.9 Å². The van der Waals surface area contributed by atoms with E-state index in [1.807, 2.05) is 0 Å². The van der Waals surface area contributed by atoms with Crippen molar-refractivity contribution < 1.29 is 21.6 Å². The van der Waals surface area contributed by atoms with Gasteiger partial charge in [-0.25, -0.2) is 23.4 Å². The van der Waals surface area contributed by atoms with Crippen LogP contribution in [0.3, 0.4) is 0 Å². The van der Waals surface area contributed by atoms with Crippen molar-refractivity contribution in [3.05, 3.63) is 60.2 Å². The number of alkyl halides is 3. The highest BCUT2D eigenvalue weighted by molar-refractivity contribution is 7.90. The van der Waals surface area contributed by atoms with Gasteiger partial charge in [0.15, 0.2) is 5.65 Å². The lowest BCUT2D eigenvalue weighted by atomic mass is 10.1. The quantitative estimate of drug-likeness (QED) is 0.459. The van der Waals surface area contributed by atoms with Crippen molar-refractivity contribution in [3.8, 4) is 22.6 Å². The summed E-state index contributed by atoms with van der Waals surface area (Å²) in [4.78, 5) is 16.6. The number of nitrogens with zero attached hydrogens (tertiary/aromatic N) is 5. The van der Waals surface area contributed by atoms with E-state index < -0.39 is 26.7 Å². The van der Waals surface area contributed by atoms with E-state index in [1.165, 1.54) is 30.6 Å². The average Bonchev–Trinajstić information content (AvgIpc) is 3.08. The lowest BCUT2D eigenvalue weighted by molar-refractivity contribution is -0.137. The predicted octanol–water partition coefficient (Wildman–Crippen LogP) is 3.58. The van der Waals surface area contributed by atoms with E-state index in [9.17, 15) is 21.6 Å². The highest BCUT2D eigenvalue weighted by Crippen LogP contribution is 2.36. The van der Waals surface area contributed by atoms with E-state index >= 15 is 0 Å². The second kappa shape index (κ2) is 6.87. The predicted molar refractivity (Wildman–Crippen MR) is 102 cm³/mol. The molecule has 30 heavy (non-hydrogen) atoms. The van der Waals surface area contributed by atoms with E-state index in [-0.39, 0.29) is 17.0 Å². The fraction of sp³-hybridized carbons (Fsp3) is 0.158. The van der Waals surface area contributed by atoms with Crippen molar-refractivity contribution in [2.24, 2.45) is 0 Å². The Labute approximate surface area is 169 Å². The first-order chi connectivity index (χ1) is 14.1. The summed E-state index contributed by atoms with van der Waals surface area (Å²) < 4.78 is 65.1. The summed E-state index contributed by atoms with van der Waals surface area (Å²) in [6.07, 6.45) is 0.835. The maximum absolute atomic E-state index is 13.2. The Hall–Kier alpha value is -3.34. The van der Waals surface area contributed by atoms with Gasteiger partial charge in [-0.15, -0.1) is 0 Å². The number of hydrogen-bond acceptors (Lipinski definition) is 6. The zero-order valence-electron chi connectivity index (χ0n) is 15.7. The van der Waals surface area contributed by atoms with Gasteiger partial charge >= 0.3 is 6.18 Å². The zero-order chi connectivity index (χ0) is 21.7. The molecule has 4 rings (SSSR count). The van der Waals surface area contributed by atoms with Gasteiger partial charge in [-0.2, -0.15) is 13.2 Å². The molecule has 0 saturated heterocycles. The fourth-order valence-corrected chi connectivity index (χ4v) is 3.56. The Bertz CT molecular complexity index is 1380. The minimum Gasteiger partial charge on any atom is -0.295 e. The monoisotopic (exact) mass is 433 g/mol. The molecule has 0 aliphatic heterocycles. The van der Waals surface area contributed by atoms with E-state index in [0.717, 1.165) is 18.4 Å². The number of aromatic nitrogens is 5. The number of halogens is 3. The molecule has 0 unspecified atom stereocenters. The molecule has 0 aliphatic carbocycles. The van der Waals surface area contributed by atoms with Crippen LogP contribution in [0, 0.1) is 6.92 Å². The molecule has 4 aromatic rings. The standard InChI is InChI=1S/C19H14F3N5O2S/c1-11-17-26-15(12-4-3-5-13(10-12)19(20,21)22)16(27(17)9-8-23-11)14-6-7-24-18(25-14)30(2,28)29/h3-10H,1-2H3. The topological polar surface area (TPSA) is 90.1 Å². The average molecular weight is 433 g/mol. The van der Waals surface area contributed by atoms with Crippen molar-refractivity contribution >= 4 is 15.5 Å². The number of aryl methyl sites for hydroxylation is 1. The molecule has 3 heterocycles. The molecule has 3 aromatic heterocycles. The van der Waals surface area contributed by atoms with Gasteiger partial charge in [-0.1, -0.05) is 12.1 Å². The number of fused-ring (bicyclic) bond motifs is 1. The van der Waals surface area contributed by atoms with Crippen LogP contribution >= 0.6 is 0 Å². The summed E-state index contributed by atoms with van der Waals surface area (Å²) in [5, 5.41) is -0.393. The highest BCUT2D eigenvalue weighted by Gasteiger charge is 2.31. The molecular formula is C19H14F3N5O2S. The molecule has 0 saturated carbocycles. The molecular weight excluding hydrogens is 419 g/mol. The summed E-state index contributed by atoms with van der Waals surface area (Å²) >= 11 is 0. The summed E-state index contributed by atoms with van der Waals surface area (Å²) in [5.74, 6) is 0. The number of hydrogen-bond donors (Lipinski definition) is 0. The first-order valence-corrected chi connectivity index (χ1v) is 10.5. The Morgan fingerprint density at radius 3 is 2.50 bits per heavy atom. The summed E-state index contributed by atoms with van der Waals surface area (Å²) in [6, 6.07) is 6.23. The van der Waals surface area contributed by atoms with Crippen LogP contribution in [-0.4, -0.2) is 39.0 Å². The summed E-state index contributed by atoms with van der Waals surface area (Å²) in [5.41, 5.74) is 1.11. The SMILES string of the molecule is Cc1nccn2c(-c3ccnc(S(C)(=O)=O)n3)c(-c3cccc(C(F)(F)F)c3)nc12. The summed E-state index contributed by atoms with van der Waals surface area (Å²) in [6.45, 7) is 1.71. The fourth-order valence-electron chi connectivity index (χ4n) is 3.04. The van der Waals surface area contributed by atoms with Gasteiger partial charge in [0.2, 0.25) is 15.0 Å². The maximum atomic E-state index is 13.2. The van der Waals surface area contributed by atoms with Crippen molar-refractivity contribution in [2.75, 3.05) is 6.26 Å². The Balaban J connectivity index is 2.05.